The van der Waals surface area contributed by atoms with Gasteiger partial charge in [-0.3, -0.25) is 4.79 Å². The van der Waals surface area contributed by atoms with E-state index in [0.29, 0.717) is 0 Å². The molecular formula is C17H26N2OS. The zero-order valence-corrected chi connectivity index (χ0v) is 14.4. The van der Waals surface area contributed by atoms with Crippen molar-refractivity contribution in [1.82, 2.24) is 4.90 Å². The van der Waals surface area contributed by atoms with Crippen molar-refractivity contribution in [3.63, 3.8) is 0 Å². The monoisotopic (exact) mass is 306 g/mol. The number of aryl methyl sites for hydroxylation is 1. The van der Waals surface area contributed by atoms with Gasteiger partial charge in [-0.1, -0.05) is 51.6 Å². The van der Waals surface area contributed by atoms with E-state index in [1.54, 1.807) is 0 Å². The largest absolute Gasteiger partial charge is 0.368 e. The topological polar surface area (TPSA) is 23.6 Å². The van der Waals surface area contributed by atoms with Crippen molar-refractivity contribution in [2.45, 2.75) is 38.9 Å². The minimum atomic E-state index is -0.00972. The first kappa shape index (κ1) is 16.2. The molecule has 0 bridgehead atoms. The summed E-state index contributed by atoms with van der Waals surface area (Å²) in [5.74, 6) is 0. The minimum absolute atomic E-state index is 0.00972. The molecule has 0 atom stereocenters. The minimum Gasteiger partial charge on any atom is -0.368 e. The van der Waals surface area contributed by atoms with Crippen LogP contribution in [0.5, 0.6) is 0 Å². The summed E-state index contributed by atoms with van der Waals surface area (Å²) >= 11 is 1.43. The Hall–Kier alpha value is -1.16. The average molecular weight is 306 g/mol. The normalized spacial score (nSPS) is 16.2. The highest BCUT2D eigenvalue weighted by molar-refractivity contribution is 8.14. The van der Waals surface area contributed by atoms with E-state index in [1.165, 1.54) is 23.0 Å². The average Bonchev–Trinajstić information content (AvgIpc) is 2.46. The summed E-state index contributed by atoms with van der Waals surface area (Å²) in [6.45, 7) is 11.9. The van der Waals surface area contributed by atoms with Crippen LogP contribution in [0.15, 0.2) is 24.3 Å². The van der Waals surface area contributed by atoms with Gasteiger partial charge >= 0.3 is 0 Å². The fraction of sp³-hybridized carbons (Fsp3) is 0.588. The Morgan fingerprint density at radius 2 is 1.67 bits per heavy atom. The van der Waals surface area contributed by atoms with E-state index < -0.39 is 0 Å². The van der Waals surface area contributed by atoms with Crippen molar-refractivity contribution in [2.75, 3.05) is 31.1 Å². The maximum Gasteiger partial charge on any atom is 0.282 e. The van der Waals surface area contributed by atoms with E-state index in [0.717, 1.165) is 32.6 Å². The molecule has 0 aliphatic carbocycles. The number of hydrogen-bond donors (Lipinski definition) is 0. The lowest BCUT2D eigenvalue weighted by Gasteiger charge is -2.36. The van der Waals surface area contributed by atoms with E-state index in [4.69, 9.17) is 0 Å². The van der Waals surface area contributed by atoms with Gasteiger partial charge < -0.3 is 9.80 Å². The van der Waals surface area contributed by atoms with Gasteiger partial charge in [0.2, 0.25) is 0 Å². The molecular weight excluding hydrogens is 280 g/mol. The van der Waals surface area contributed by atoms with Crippen LogP contribution < -0.4 is 4.90 Å². The smallest absolute Gasteiger partial charge is 0.282 e. The van der Waals surface area contributed by atoms with E-state index >= 15 is 0 Å². The molecule has 116 valence electrons. The van der Waals surface area contributed by atoms with Gasteiger partial charge in [0.1, 0.15) is 0 Å². The van der Waals surface area contributed by atoms with Crippen LogP contribution in [0.4, 0.5) is 10.5 Å². The SMILES string of the molecule is CCc1ccc(N2CCN(C(=O)SC(C)(C)C)CC2)cc1. The number of nitrogens with zero attached hydrogens (tertiary/aromatic N) is 2. The van der Waals surface area contributed by atoms with Crippen LogP contribution in [0.1, 0.15) is 33.3 Å². The Labute approximate surface area is 132 Å². The number of rotatable bonds is 2. The number of thioether (sulfide) groups is 1. The van der Waals surface area contributed by atoms with Gasteiger partial charge in [-0.05, 0) is 24.1 Å². The van der Waals surface area contributed by atoms with Crippen molar-refractivity contribution in [3.8, 4) is 0 Å². The van der Waals surface area contributed by atoms with E-state index in [2.05, 4.69) is 56.9 Å². The molecule has 1 fully saturated rings. The molecule has 1 amide bonds. The second kappa shape index (κ2) is 6.73. The standard InChI is InChI=1S/C17H26N2OS/c1-5-14-6-8-15(9-7-14)18-10-12-19(13-11-18)16(20)21-17(2,3)4/h6-9H,5,10-13H2,1-4H3. The molecule has 1 saturated heterocycles. The Kier molecular flexibility index (Phi) is 5.20. The quantitative estimate of drug-likeness (QED) is 0.824. The Balaban J connectivity index is 1.89. The second-order valence-corrected chi connectivity index (χ2v) is 8.25. The van der Waals surface area contributed by atoms with Crippen LogP contribution in [0.2, 0.25) is 0 Å². The van der Waals surface area contributed by atoms with Crippen molar-refractivity contribution in [1.29, 1.82) is 0 Å². The third kappa shape index (κ3) is 4.67. The third-order valence-corrected chi connectivity index (χ3v) is 4.69. The predicted molar refractivity (Wildman–Crippen MR) is 92.3 cm³/mol. The van der Waals surface area contributed by atoms with Crippen LogP contribution in [-0.2, 0) is 6.42 Å². The highest BCUT2D eigenvalue weighted by atomic mass is 32.2. The Bertz CT molecular complexity index is 471. The summed E-state index contributed by atoms with van der Waals surface area (Å²) in [6.07, 6.45) is 1.08. The molecule has 0 unspecified atom stereocenters. The van der Waals surface area contributed by atoms with Crippen LogP contribution in [-0.4, -0.2) is 41.1 Å². The lowest BCUT2D eigenvalue weighted by atomic mass is 10.1. The highest BCUT2D eigenvalue weighted by Crippen LogP contribution is 2.27. The van der Waals surface area contributed by atoms with Crippen LogP contribution in [0, 0.1) is 0 Å². The summed E-state index contributed by atoms with van der Waals surface area (Å²) in [5, 5.41) is 0.212. The maximum atomic E-state index is 12.2. The highest BCUT2D eigenvalue weighted by Gasteiger charge is 2.25. The number of benzene rings is 1. The molecule has 0 N–H and O–H groups in total. The van der Waals surface area contributed by atoms with E-state index in [-0.39, 0.29) is 9.99 Å². The van der Waals surface area contributed by atoms with Gasteiger partial charge in [-0.15, -0.1) is 0 Å². The van der Waals surface area contributed by atoms with Crippen molar-refractivity contribution in [3.05, 3.63) is 29.8 Å². The number of carbonyl (C=O) groups is 1. The fourth-order valence-electron chi connectivity index (χ4n) is 2.42. The molecule has 2 rings (SSSR count). The summed E-state index contributed by atoms with van der Waals surface area (Å²) in [4.78, 5) is 16.6. The summed E-state index contributed by atoms with van der Waals surface area (Å²) < 4.78 is -0.00972. The number of hydrogen-bond acceptors (Lipinski definition) is 3. The molecule has 1 aliphatic rings. The van der Waals surface area contributed by atoms with Gasteiger partial charge in [0.25, 0.3) is 5.24 Å². The molecule has 0 radical (unpaired) electrons. The van der Waals surface area contributed by atoms with Gasteiger partial charge in [0, 0.05) is 36.6 Å². The zero-order valence-electron chi connectivity index (χ0n) is 13.6. The molecule has 0 spiro atoms. The van der Waals surface area contributed by atoms with E-state index in [1.807, 2.05) is 4.90 Å². The van der Waals surface area contributed by atoms with Crippen molar-refractivity contribution >= 4 is 22.7 Å². The Morgan fingerprint density at radius 3 is 2.14 bits per heavy atom. The van der Waals surface area contributed by atoms with Crippen LogP contribution in [0.25, 0.3) is 0 Å². The molecule has 3 nitrogen and oxygen atoms in total. The predicted octanol–water partition coefficient (Wildman–Crippen LogP) is 4.02. The first-order valence-corrected chi connectivity index (χ1v) is 8.52. The number of piperazine rings is 1. The molecule has 0 aromatic heterocycles. The number of amides is 1. The van der Waals surface area contributed by atoms with E-state index in [9.17, 15) is 4.79 Å². The molecule has 1 aromatic rings. The van der Waals surface area contributed by atoms with Crippen molar-refractivity contribution in [2.24, 2.45) is 0 Å². The maximum absolute atomic E-state index is 12.2. The molecule has 1 aromatic carbocycles. The Morgan fingerprint density at radius 1 is 1.10 bits per heavy atom. The second-order valence-electron chi connectivity index (χ2n) is 6.47. The van der Waals surface area contributed by atoms with Crippen LogP contribution >= 0.6 is 11.8 Å². The molecule has 0 saturated carbocycles. The molecule has 21 heavy (non-hydrogen) atoms. The number of anilines is 1. The van der Waals surface area contributed by atoms with Crippen molar-refractivity contribution < 1.29 is 4.79 Å². The first-order chi connectivity index (χ1) is 9.89. The first-order valence-electron chi connectivity index (χ1n) is 7.71. The zero-order chi connectivity index (χ0) is 15.5. The summed E-state index contributed by atoms with van der Waals surface area (Å²) in [5.41, 5.74) is 2.64. The lowest BCUT2D eigenvalue weighted by molar-refractivity contribution is 0.219. The lowest BCUT2D eigenvalue weighted by Crippen LogP contribution is -2.48. The molecule has 1 heterocycles. The van der Waals surface area contributed by atoms with Crippen LogP contribution in [0.3, 0.4) is 0 Å². The number of carbonyl (C=O) groups excluding carboxylic acids is 1. The summed E-state index contributed by atoms with van der Waals surface area (Å²) in [6, 6.07) is 8.78. The van der Waals surface area contributed by atoms with Gasteiger partial charge in [-0.2, -0.15) is 0 Å². The van der Waals surface area contributed by atoms with Gasteiger partial charge in [-0.25, -0.2) is 0 Å². The molecule has 1 aliphatic heterocycles. The summed E-state index contributed by atoms with van der Waals surface area (Å²) in [7, 11) is 0. The van der Waals surface area contributed by atoms with Gasteiger partial charge in [0.15, 0.2) is 0 Å². The molecule has 4 heteroatoms. The fourth-order valence-corrected chi connectivity index (χ4v) is 3.25. The van der Waals surface area contributed by atoms with Gasteiger partial charge in [0.05, 0.1) is 0 Å². The third-order valence-electron chi connectivity index (χ3n) is 3.64.